The molecule has 1 saturated carbocycles. The van der Waals surface area contributed by atoms with Crippen molar-refractivity contribution in [2.75, 3.05) is 25.5 Å². The molecule has 4 rings (SSSR count). The van der Waals surface area contributed by atoms with Gasteiger partial charge in [0.05, 0.1) is 23.3 Å². The van der Waals surface area contributed by atoms with Crippen molar-refractivity contribution in [3.05, 3.63) is 53.6 Å². The number of carbonyl (C=O) groups excluding carboxylic acids is 2. The first-order chi connectivity index (χ1) is 17.4. The van der Waals surface area contributed by atoms with Crippen LogP contribution in [0.5, 0.6) is 5.75 Å². The summed E-state index contributed by atoms with van der Waals surface area (Å²) in [6.07, 6.45) is 7.54. The first kappa shape index (κ1) is 26.2. The number of sulfonamides is 1. The number of para-hydroxylation sites is 1. The first-order valence-electron chi connectivity index (χ1n) is 12.8. The fraction of sp³-hybridized carbons (Fsp3) is 0.481. The van der Waals surface area contributed by atoms with Gasteiger partial charge in [0.25, 0.3) is 5.91 Å². The lowest BCUT2D eigenvalue weighted by molar-refractivity contribution is -0.116. The molecule has 8 nitrogen and oxygen atoms in total. The van der Waals surface area contributed by atoms with Crippen LogP contribution in [0.1, 0.15) is 67.3 Å². The van der Waals surface area contributed by atoms with E-state index in [4.69, 9.17) is 4.74 Å². The van der Waals surface area contributed by atoms with E-state index in [0.29, 0.717) is 42.1 Å². The predicted octanol–water partition coefficient (Wildman–Crippen LogP) is 4.11. The highest BCUT2D eigenvalue weighted by Gasteiger charge is 2.28. The fourth-order valence-electron chi connectivity index (χ4n) is 4.95. The lowest BCUT2D eigenvalue weighted by Crippen LogP contribution is -2.36. The summed E-state index contributed by atoms with van der Waals surface area (Å²) >= 11 is 0. The van der Waals surface area contributed by atoms with Gasteiger partial charge in [-0.25, -0.2) is 8.42 Å². The van der Waals surface area contributed by atoms with Gasteiger partial charge < -0.3 is 15.4 Å². The number of hydrogen-bond donors (Lipinski definition) is 2. The molecule has 0 unspecified atom stereocenters. The largest absolute Gasteiger partial charge is 0.496 e. The number of methoxy groups -OCH3 is 1. The number of aryl methyl sites for hydroxylation is 1. The average Bonchev–Trinajstić information content (AvgIpc) is 3.44. The van der Waals surface area contributed by atoms with Gasteiger partial charge in [0.2, 0.25) is 15.9 Å². The van der Waals surface area contributed by atoms with Gasteiger partial charge in [-0.1, -0.05) is 31.4 Å². The Morgan fingerprint density at radius 3 is 2.44 bits per heavy atom. The highest BCUT2D eigenvalue weighted by atomic mass is 32.2. The van der Waals surface area contributed by atoms with Crippen molar-refractivity contribution < 1.29 is 22.7 Å². The lowest BCUT2D eigenvalue weighted by atomic mass is 9.95. The number of carbonyl (C=O) groups is 2. The number of benzene rings is 2. The molecule has 1 aliphatic heterocycles. The molecule has 1 saturated heterocycles. The lowest BCUT2D eigenvalue weighted by Gasteiger charge is -2.23. The summed E-state index contributed by atoms with van der Waals surface area (Å²) < 4.78 is 32.9. The van der Waals surface area contributed by atoms with E-state index in [0.717, 1.165) is 38.5 Å². The van der Waals surface area contributed by atoms with Crippen LogP contribution in [-0.4, -0.2) is 50.8 Å². The molecule has 9 heteroatoms. The van der Waals surface area contributed by atoms with E-state index in [1.165, 1.54) is 17.8 Å². The van der Waals surface area contributed by atoms with E-state index in [9.17, 15) is 18.0 Å². The predicted molar refractivity (Wildman–Crippen MR) is 139 cm³/mol. The second kappa shape index (κ2) is 11.9. The molecule has 1 aliphatic carbocycles. The smallest absolute Gasteiger partial charge is 0.253 e. The van der Waals surface area contributed by atoms with Crippen molar-refractivity contribution in [3.8, 4) is 5.75 Å². The maximum absolute atomic E-state index is 13.0. The van der Waals surface area contributed by atoms with Crippen molar-refractivity contribution in [2.24, 2.45) is 0 Å². The molecule has 0 atom stereocenters. The number of nitrogens with zero attached hydrogens (tertiary/aromatic N) is 1. The molecule has 2 fully saturated rings. The summed E-state index contributed by atoms with van der Waals surface area (Å²) in [6.45, 7) is 1.06. The molecule has 1 heterocycles. The van der Waals surface area contributed by atoms with E-state index in [1.54, 1.807) is 42.5 Å². The Kier molecular flexibility index (Phi) is 8.64. The Hall–Kier alpha value is -2.91. The zero-order chi connectivity index (χ0) is 25.5. The Balaban J connectivity index is 1.42. The molecule has 36 heavy (non-hydrogen) atoms. The molecule has 0 spiro atoms. The van der Waals surface area contributed by atoms with Gasteiger partial charge in [-0.2, -0.15) is 4.31 Å². The molecule has 2 N–H and O–H groups in total. The van der Waals surface area contributed by atoms with Crippen LogP contribution in [0.4, 0.5) is 5.69 Å². The maximum Gasteiger partial charge on any atom is 0.253 e. The third-order valence-electron chi connectivity index (χ3n) is 6.96. The molecule has 2 aromatic rings. The quantitative estimate of drug-likeness (QED) is 0.525. The molecule has 0 radical (unpaired) electrons. The van der Waals surface area contributed by atoms with E-state index < -0.39 is 10.0 Å². The second-order valence-corrected chi connectivity index (χ2v) is 11.4. The standard InChI is InChI=1S/C27H35N3O5S/c1-35-25-15-14-22(36(33,34)30-17-7-8-18-30)19-20(25)13-16-26(31)29-24-12-6-5-11-23(24)27(32)28-21-9-3-2-4-10-21/h5-6,11-12,14-15,19,21H,2-4,7-10,13,16-18H2,1H3,(H,28,32)(H,29,31). The molecule has 2 aromatic carbocycles. The number of ether oxygens (including phenoxy) is 1. The van der Waals surface area contributed by atoms with Gasteiger partial charge in [-0.05, 0) is 68.0 Å². The van der Waals surface area contributed by atoms with E-state index in [-0.39, 0.29) is 29.2 Å². The average molecular weight is 514 g/mol. The van der Waals surface area contributed by atoms with Crippen LogP contribution in [0.15, 0.2) is 47.4 Å². The molecule has 0 aromatic heterocycles. The highest BCUT2D eigenvalue weighted by Crippen LogP contribution is 2.28. The normalized spacial score (nSPS) is 17.0. The van der Waals surface area contributed by atoms with Gasteiger partial charge in [0.1, 0.15) is 5.75 Å². The van der Waals surface area contributed by atoms with Crippen LogP contribution in [0, 0.1) is 0 Å². The molecule has 2 amide bonds. The van der Waals surface area contributed by atoms with Gasteiger partial charge >= 0.3 is 0 Å². The number of nitrogens with one attached hydrogen (secondary N) is 2. The van der Waals surface area contributed by atoms with Crippen molar-refractivity contribution in [1.29, 1.82) is 0 Å². The number of rotatable bonds is 9. The van der Waals surface area contributed by atoms with Crippen LogP contribution in [-0.2, 0) is 21.2 Å². The fourth-order valence-corrected chi connectivity index (χ4v) is 6.52. The van der Waals surface area contributed by atoms with Crippen molar-refractivity contribution in [1.82, 2.24) is 9.62 Å². The third kappa shape index (κ3) is 6.25. The SMILES string of the molecule is COc1ccc(S(=O)(=O)N2CCCC2)cc1CCC(=O)Nc1ccccc1C(=O)NC1CCCCC1. The van der Waals surface area contributed by atoms with E-state index >= 15 is 0 Å². The molecule has 2 aliphatic rings. The Bertz CT molecular complexity index is 1190. The summed E-state index contributed by atoms with van der Waals surface area (Å²) in [5, 5.41) is 5.96. The number of hydrogen-bond acceptors (Lipinski definition) is 5. The monoisotopic (exact) mass is 513 g/mol. The van der Waals surface area contributed by atoms with E-state index in [2.05, 4.69) is 10.6 Å². The van der Waals surface area contributed by atoms with Gasteiger partial charge in [0.15, 0.2) is 0 Å². The van der Waals surface area contributed by atoms with Crippen molar-refractivity contribution >= 4 is 27.5 Å². The summed E-state index contributed by atoms with van der Waals surface area (Å²) in [5.41, 5.74) is 1.55. The van der Waals surface area contributed by atoms with E-state index in [1.807, 2.05) is 0 Å². The summed E-state index contributed by atoms with van der Waals surface area (Å²) in [6, 6.07) is 12.0. The molecule has 0 bridgehead atoms. The minimum absolute atomic E-state index is 0.113. The summed E-state index contributed by atoms with van der Waals surface area (Å²) in [4.78, 5) is 25.9. The Labute approximate surface area is 213 Å². The topological polar surface area (TPSA) is 105 Å². The minimum atomic E-state index is -3.57. The van der Waals surface area contributed by atoms with Gasteiger partial charge in [-0.3, -0.25) is 9.59 Å². The summed E-state index contributed by atoms with van der Waals surface area (Å²) in [7, 11) is -2.05. The van der Waals surface area contributed by atoms with Crippen LogP contribution in [0.3, 0.4) is 0 Å². The van der Waals surface area contributed by atoms with Crippen molar-refractivity contribution in [2.45, 2.75) is 68.7 Å². The third-order valence-corrected chi connectivity index (χ3v) is 8.86. The highest BCUT2D eigenvalue weighted by molar-refractivity contribution is 7.89. The van der Waals surface area contributed by atoms with Crippen LogP contribution < -0.4 is 15.4 Å². The zero-order valence-corrected chi connectivity index (χ0v) is 21.6. The van der Waals surface area contributed by atoms with Crippen LogP contribution in [0.2, 0.25) is 0 Å². The first-order valence-corrected chi connectivity index (χ1v) is 14.2. The minimum Gasteiger partial charge on any atom is -0.496 e. The molecular weight excluding hydrogens is 478 g/mol. The van der Waals surface area contributed by atoms with Crippen molar-refractivity contribution in [3.63, 3.8) is 0 Å². The molecular formula is C27H35N3O5S. The summed E-state index contributed by atoms with van der Waals surface area (Å²) in [5.74, 6) is 0.0949. The Morgan fingerprint density at radius 1 is 1.00 bits per heavy atom. The molecule has 194 valence electrons. The maximum atomic E-state index is 13.0. The Morgan fingerprint density at radius 2 is 1.72 bits per heavy atom. The number of anilines is 1. The number of amides is 2. The van der Waals surface area contributed by atoms with Crippen LogP contribution in [0.25, 0.3) is 0 Å². The van der Waals surface area contributed by atoms with Gasteiger partial charge in [-0.15, -0.1) is 0 Å². The van der Waals surface area contributed by atoms with Crippen LogP contribution >= 0.6 is 0 Å². The van der Waals surface area contributed by atoms with Gasteiger partial charge in [0, 0.05) is 25.6 Å². The second-order valence-electron chi connectivity index (χ2n) is 9.49. The zero-order valence-electron chi connectivity index (χ0n) is 20.8.